The molecule has 3 rings (SSSR count). The number of carbonyl (C=O) groups excluding carboxylic acids is 1. The van der Waals surface area contributed by atoms with Gasteiger partial charge in [0.25, 0.3) is 0 Å². The fourth-order valence-electron chi connectivity index (χ4n) is 2.69. The van der Waals surface area contributed by atoms with E-state index in [1.165, 1.54) is 5.56 Å². The predicted molar refractivity (Wildman–Crippen MR) is 107 cm³/mol. The Balaban J connectivity index is 1.96. The predicted octanol–water partition coefficient (Wildman–Crippen LogP) is 5.58. The van der Waals surface area contributed by atoms with Crippen molar-refractivity contribution < 1.29 is 4.79 Å². The van der Waals surface area contributed by atoms with Crippen molar-refractivity contribution in [3.05, 3.63) is 59.7 Å². The van der Waals surface area contributed by atoms with Crippen LogP contribution in [-0.2, 0) is 11.3 Å². The van der Waals surface area contributed by atoms with Crippen molar-refractivity contribution in [2.75, 3.05) is 10.8 Å². The van der Waals surface area contributed by atoms with Crippen molar-refractivity contribution >= 4 is 44.2 Å². The maximum atomic E-state index is 12.4. The first kappa shape index (κ1) is 17.9. The molecule has 1 amide bonds. The lowest BCUT2D eigenvalue weighted by atomic mass is 9.99. The van der Waals surface area contributed by atoms with Gasteiger partial charge in [-0.15, -0.1) is 11.6 Å². The molecule has 2 aromatic carbocycles. The first-order valence-corrected chi connectivity index (χ1v) is 9.78. The number of alkyl halides is 1. The Morgan fingerprint density at radius 3 is 2.68 bits per heavy atom. The van der Waals surface area contributed by atoms with Gasteiger partial charge < -0.3 is 0 Å². The molecule has 0 aliphatic heterocycles. The second kappa shape index (κ2) is 7.98. The third kappa shape index (κ3) is 4.02. The highest BCUT2D eigenvalue weighted by molar-refractivity contribution is 7.22. The Bertz CT molecular complexity index is 863. The first-order valence-electron chi connectivity index (χ1n) is 8.43. The maximum absolute atomic E-state index is 12.4. The van der Waals surface area contributed by atoms with Crippen molar-refractivity contribution in [1.29, 1.82) is 0 Å². The van der Waals surface area contributed by atoms with Gasteiger partial charge in [0.05, 0.1) is 16.8 Å². The summed E-state index contributed by atoms with van der Waals surface area (Å²) in [7, 11) is 0. The molecule has 0 spiro atoms. The van der Waals surface area contributed by atoms with Crippen LogP contribution < -0.4 is 4.90 Å². The number of thiazole rings is 1. The van der Waals surface area contributed by atoms with Gasteiger partial charge in [-0.1, -0.05) is 61.6 Å². The monoisotopic (exact) mass is 372 g/mol. The summed E-state index contributed by atoms with van der Waals surface area (Å²) in [5.41, 5.74) is 3.29. The molecule has 0 N–H and O–H groups in total. The van der Waals surface area contributed by atoms with Crippen LogP contribution in [0.25, 0.3) is 10.2 Å². The fourth-order valence-corrected chi connectivity index (χ4v) is 3.86. The summed E-state index contributed by atoms with van der Waals surface area (Å²) >= 11 is 7.38. The number of benzene rings is 2. The van der Waals surface area contributed by atoms with Crippen molar-refractivity contribution in [1.82, 2.24) is 4.98 Å². The van der Waals surface area contributed by atoms with E-state index in [1.807, 2.05) is 36.4 Å². The van der Waals surface area contributed by atoms with Crippen molar-refractivity contribution in [3.63, 3.8) is 0 Å². The molecule has 3 aromatic rings. The minimum absolute atomic E-state index is 0.0547. The zero-order valence-corrected chi connectivity index (χ0v) is 16.0. The smallest absolute Gasteiger partial charge is 0.244 e. The molecule has 1 aromatic heterocycles. The van der Waals surface area contributed by atoms with E-state index in [9.17, 15) is 4.79 Å². The van der Waals surface area contributed by atoms with Crippen LogP contribution in [0, 0.1) is 0 Å². The lowest BCUT2D eigenvalue weighted by molar-refractivity contribution is -0.116. The number of carbonyl (C=O) groups is 1. The topological polar surface area (TPSA) is 33.2 Å². The van der Waals surface area contributed by atoms with Gasteiger partial charge in [0.1, 0.15) is 5.88 Å². The lowest BCUT2D eigenvalue weighted by Gasteiger charge is -2.18. The second-order valence-corrected chi connectivity index (χ2v) is 7.41. The van der Waals surface area contributed by atoms with E-state index < -0.39 is 0 Å². The molecule has 3 nitrogen and oxygen atoms in total. The molecule has 0 aliphatic rings. The number of halogens is 1. The Morgan fingerprint density at radius 1 is 1.24 bits per heavy atom. The number of fused-ring (bicyclic) bond motifs is 1. The molecular weight excluding hydrogens is 352 g/mol. The number of amides is 1. The summed E-state index contributed by atoms with van der Waals surface area (Å²) < 4.78 is 1.10. The molecule has 0 aliphatic carbocycles. The van der Waals surface area contributed by atoms with E-state index in [1.54, 1.807) is 16.2 Å². The highest BCUT2D eigenvalue weighted by Gasteiger charge is 2.19. The molecular formula is C20H21ClN2OS. The molecule has 5 heteroatoms. The number of anilines is 1. The number of hydrogen-bond acceptors (Lipinski definition) is 3. The zero-order valence-electron chi connectivity index (χ0n) is 14.4. The van der Waals surface area contributed by atoms with Crippen LogP contribution >= 0.6 is 22.9 Å². The van der Waals surface area contributed by atoms with E-state index in [4.69, 9.17) is 11.6 Å². The summed E-state index contributed by atoms with van der Waals surface area (Å²) in [6.07, 6.45) is 1.10. The lowest BCUT2D eigenvalue weighted by Crippen LogP contribution is -2.31. The van der Waals surface area contributed by atoms with E-state index in [0.29, 0.717) is 17.6 Å². The number of rotatable bonds is 6. The Morgan fingerprint density at radius 2 is 2.00 bits per heavy atom. The van der Waals surface area contributed by atoms with Crippen molar-refractivity contribution in [3.8, 4) is 0 Å². The van der Waals surface area contributed by atoms with Crippen LogP contribution in [0.3, 0.4) is 0 Å². The molecule has 1 heterocycles. The van der Waals surface area contributed by atoms with E-state index in [2.05, 4.69) is 31.0 Å². The Kier molecular flexibility index (Phi) is 5.71. The Labute approximate surface area is 157 Å². The number of hydrogen-bond donors (Lipinski definition) is 0. The molecule has 0 radical (unpaired) electrons. The molecule has 0 saturated carbocycles. The summed E-state index contributed by atoms with van der Waals surface area (Å²) in [4.78, 5) is 18.7. The first-order chi connectivity index (χ1) is 12.1. The normalized spacial score (nSPS) is 12.3. The Hall–Kier alpha value is -1.91. The van der Waals surface area contributed by atoms with E-state index in [0.717, 1.165) is 22.2 Å². The van der Waals surface area contributed by atoms with Crippen LogP contribution in [0.5, 0.6) is 0 Å². The van der Waals surface area contributed by atoms with Crippen molar-refractivity contribution in [2.45, 2.75) is 32.7 Å². The summed E-state index contributed by atoms with van der Waals surface area (Å²) in [6.45, 7) is 4.89. The van der Waals surface area contributed by atoms with Gasteiger partial charge in [0.2, 0.25) is 5.91 Å². The van der Waals surface area contributed by atoms with Gasteiger partial charge in [0, 0.05) is 0 Å². The fraction of sp³-hybridized carbons (Fsp3) is 0.300. The quantitative estimate of drug-likeness (QED) is 0.529. The molecule has 130 valence electrons. The molecule has 0 fully saturated rings. The summed E-state index contributed by atoms with van der Waals surface area (Å²) in [5, 5.41) is 0.700. The van der Waals surface area contributed by atoms with Crippen LogP contribution in [0.15, 0.2) is 48.5 Å². The minimum atomic E-state index is -0.133. The molecule has 0 unspecified atom stereocenters. The molecule has 25 heavy (non-hydrogen) atoms. The van der Waals surface area contributed by atoms with Gasteiger partial charge in [-0.3, -0.25) is 9.69 Å². The third-order valence-electron chi connectivity index (χ3n) is 4.41. The maximum Gasteiger partial charge on any atom is 0.244 e. The summed E-state index contributed by atoms with van der Waals surface area (Å²) in [6, 6.07) is 16.3. The second-order valence-electron chi connectivity index (χ2n) is 6.13. The standard InChI is InChI=1S/C20H21ClN2OS/c1-3-14(2)16-9-10-17-18(11-16)25-20(22-17)23(19(24)12-21)13-15-7-5-4-6-8-15/h4-11,14H,3,12-13H2,1-2H3/t14-/m0/s1. The molecule has 0 saturated heterocycles. The van der Waals surface area contributed by atoms with Crippen LogP contribution in [0.2, 0.25) is 0 Å². The SMILES string of the molecule is CC[C@H](C)c1ccc2nc(N(Cc3ccccc3)C(=O)CCl)sc2c1. The third-order valence-corrected chi connectivity index (χ3v) is 5.68. The van der Waals surface area contributed by atoms with Gasteiger partial charge in [-0.2, -0.15) is 0 Å². The van der Waals surface area contributed by atoms with E-state index >= 15 is 0 Å². The molecule has 1 atom stereocenters. The largest absolute Gasteiger partial charge is 0.283 e. The average molecular weight is 373 g/mol. The van der Waals surface area contributed by atoms with Crippen LogP contribution in [-0.4, -0.2) is 16.8 Å². The van der Waals surface area contributed by atoms with Gasteiger partial charge >= 0.3 is 0 Å². The van der Waals surface area contributed by atoms with Crippen LogP contribution in [0.4, 0.5) is 5.13 Å². The molecule has 0 bridgehead atoms. The van der Waals surface area contributed by atoms with E-state index in [-0.39, 0.29) is 11.8 Å². The minimum Gasteiger partial charge on any atom is -0.283 e. The summed E-state index contributed by atoms with van der Waals surface area (Å²) in [5.74, 6) is 0.326. The van der Waals surface area contributed by atoms with Gasteiger partial charge in [-0.25, -0.2) is 4.98 Å². The van der Waals surface area contributed by atoms with Crippen molar-refractivity contribution in [2.24, 2.45) is 0 Å². The van der Waals surface area contributed by atoms with Gasteiger partial charge in [0.15, 0.2) is 5.13 Å². The number of aromatic nitrogens is 1. The zero-order chi connectivity index (χ0) is 17.8. The highest BCUT2D eigenvalue weighted by atomic mass is 35.5. The average Bonchev–Trinajstić information content (AvgIpc) is 3.08. The van der Waals surface area contributed by atoms with Crippen LogP contribution in [0.1, 0.15) is 37.3 Å². The number of nitrogens with zero attached hydrogens (tertiary/aromatic N) is 2. The highest BCUT2D eigenvalue weighted by Crippen LogP contribution is 2.32. The van der Waals surface area contributed by atoms with Gasteiger partial charge in [-0.05, 0) is 35.6 Å².